The number of rotatable bonds is 4. The molecule has 94 valence electrons. The van der Waals surface area contributed by atoms with E-state index in [1.54, 1.807) is 0 Å². The fraction of sp³-hybridized carbons (Fsp3) is 1.00. The molecule has 0 saturated carbocycles. The summed E-state index contributed by atoms with van der Waals surface area (Å²) >= 11 is 0. The molecule has 2 aliphatic rings. The van der Waals surface area contributed by atoms with Crippen molar-refractivity contribution in [1.82, 2.24) is 10.2 Å². The first-order chi connectivity index (χ1) is 7.90. The minimum absolute atomic E-state index is 0.381. The van der Waals surface area contributed by atoms with Crippen LogP contribution in [0.25, 0.3) is 0 Å². The van der Waals surface area contributed by atoms with Crippen LogP contribution in [-0.2, 0) is 9.47 Å². The average molecular weight is 228 g/mol. The Kier molecular flexibility index (Phi) is 5.03. The number of nitrogens with zero attached hydrogens (tertiary/aromatic N) is 1. The second-order valence-corrected chi connectivity index (χ2v) is 4.81. The van der Waals surface area contributed by atoms with Crippen molar-refractivity contribution in [2.45, 2.75) is 37.8 Å². The van der Waals surface area contributed by atoms with Gasteiger partial charge in [-0.3, -0.25) is 4.90 Å². The van der Waals surface area contributed by atoms with Gasteiger partial charge in [0.05, 0.1) is 12.7 Å². The van der Waals surface area contributed by atoms with Crippen molar-refractivity contribution in [3.8, 4) is 0 Å². The molecule has 0 aliphatic carbocycles. The van der Waals surface area contributed by atoms with E-state index in [1.165, 1.54) is 25.8 Å². The van der Waals surface area contributed by atoms with Gasteiger partial charge in [-0.15, -0.1) is 0 Å². The van der Waals surface area contributed by atoms with E-state index in [1.807, 2.05) is 7.05 Å². The third kappa shape index (κ3) is 3.42. The summed E-state index contributed by atoms with van der Waals surface area (Å²) in [6.45, 7) is 4.75. The molecule has 2 aliphatic heterocycles. The van der Waals surface area contributed by atoms with Crippen LogP contribution in [0.1, 0.15) is 25.7 Å². The Bertz CT molecular complexity index is 193. The monoisotopic (exact) mass is 228 g/mol. The largest absolute Gasteiger partial charge is 0.355 e. The van der Waals surface area contributed by atoms with E-state index in [0.29, 0.717) is 18.9 Å². The summed E-state index contributed by atoms with van der Waals surface area (Å²) in [6.07, 6.45) is 5.46. The minimum atomic E-state index is 0.381. The second-order valence-electron chi connectivity index (χ2n) is 4.81. The van der Waals surface area contributed by atoms with Crippen molar-refractivity contribution in [2.75, 3.05) is 40.1 Å². The number of nitrogens with one attached hydrogen (secondary N) is 1. The quantitative estimate of drug-likeness (QED) is 0.772. The Morgan fingerprint density at radius 1 is 1.31 bits per heavy atom. The van der Waals surface area contributed by atoms with E-state index >= 15 is 0 Å². The van der Waals surface area contributed by atoms with Gasteiger partial charge in [0, 0.05) is 19.1 Å². The predicted molar refractivity (Wildman–Crippen MR) is 63.4 cm³/mol. The van der Waals surface area contributed by atoms with Gasteiger partial charge in [0.1, 0.15) is 6.79 Å². The number of likely N-dealkylation sites (tertiary alicyclic amines) is 1. The van der Waals surface area contributed by atoms with Crippen LogP contribution in [-0.4, -0.2) is 57.1 Å². The molecule has 0 aromatic carbocycles. The first-order valence-electron chi connectivity index (χ1n) is 6.48. The van der Waals surface area contributed by atoms with Crippen LogP contribution >= 0.6 is 0 Å². The normalized spacial score (nSPS) is 32.8. The van der Waals surface area contributed by atoms with Crippen LogP contribution in [0.2, 0.25) is 0 Å². The maximum atomic E-state index is 5.62. The fourth-order valence-electron chi connectivity index (χ4n) is 2.67. The predicted octanol–water partition coefficient (Wildman–Crippen LogP) is 0.823. The SMILES string of the molecule is CNCC1CCCCN1CC1CCOCO1. The summed E-state index contributed by atoms with van der Waals surface area (Å²) in [4.78, 5) is 2.59. The van der Waals surface area contributed by atoms with Crippen LogP contribution in [0, 0.1) is 0 Å². The van der Waals surface area contributed by atoms with Gasteiger partial charge in [0.25, 0.3) is 0 Å². The molecule has 0 spiro atoms. The molecule has 2 atom stereocenters. The van der Waals surface area contributed by atoms with Crippen molar-refractivity contribution in [1.29, 1.82) is 0 Å². The highest BCUT2D eigenvalue weighted by atomic mass is 16.7. The fourth-order valence-corrected chi connectivity index (χ4v) is 2.67. The topological polar surface area (TPSA) is 33.7 Å². The van der Waals surface area contributed by atoms with Crippen LogP contribution in [0.15, 0.2) is 0 Å². The average Bonchev–Trinajstić information content (AvgIpc) is 2.33. The molecule has 2 rings (SSSR count). The maximum absolute atomic E-state index is 5.62. The van der Waals surface area contributed by atoms with E-state index in [9.17, 15) is 0 Å². The molecular formula is C12H24N2O2. The molecule has 0 aromatic heterocycles. The van der Waals surface area contributed by atoms with E-state index in [2.05, 4.69) is 10.2 Å². The van der Waals surface area contributed by atoms with Crippen molar-refractivity contribution < 1.29 is 9.47 Å². The Morgan fingerprint density at radius 3 is 3.00 bits per heavy atom. The molecule has 0 radical (unpaired) electrons. The smallest absolute Gasteiger partial charge is 0.147 e. The van der Waals surface area contributed by atoms with Crippen molar-refractivity contribution in [3.63, 3.8) is 0 Å². The van der Waals surface area contributed by atoms with E-state index < -0.39 is 0 Å². The lowest BCUT2D eigenvalue weighted by Crippen LogP contribution is -2.49. The third-order valence-corrected chi connectivity index (χ3v) is 3.60. The Morgan fingerprint density at radius 2 is 2.25 bits per heavy atom. The number of piperidine rings is 1. The van der Waals surface area contributed by atoms with Gasteiger partial charge in [0.2, 0.25) is 0 Å². The highest BCUT2D eigenvalue weighted by Crippen LogP contribution is 2.18. The summed E-state index contributed by atoms with van der Waals surface area (Å²) < 4.78 is 10.8. The lowest BCUT2D eigenvalue weighted by molar-refractivity contribution is -0.147. The summed E-state index contributed by atoms with van der Waals surface area (Å²) in [5.74, 6) is 0. The number of ether oxygens (including phenoxy) is 2. The van der Waals surface area contributed by atoms with Crippen LogP contribution in [0.3, 0.4) is 0 Å². The Labute approximate surface area is 98.3 Å². The summed E-state index contributed by atoms with van der Waals surface area (Å²) in [5.41, 5.74) is 0. The third-order valence-electron chi connectivity index (χ3n) is 3.60. The molecule has 4 heteroatoms. The second kappa shape index (κ2) is 6.55. The zero-order chi connectivity index (χ0) is 11.2. The number of hydrogen-bond donors (Lipinski definition) is 1. The molecule has 1 N–H and O–H groups in total. The molecule has 2 heterocycles. The zero-order valence-corrected chi connectivity index (χ0v) is 10.3. The Hall–Kier alpha value is -0.160. The van der Waals surface area contributed by atoms with Crippen LogP contribution in [0.4, 0.5) is 0 Å². The summed E-state index contributed by atoms with van der Waals surface area (Å²) in [7, 11) is 2.04. The molecule has 0 amide bonds. The van der Waals surface area contributed by atoms with E-state index in [-0.39, 0.29) is 0 Å². The molecular weight excluding hydrogens is 204 g/mol. The van der Waals surface area contributed by atoms with E-state index in [0.717, 1.165) is 26.1 Å². The van der Waals surface area contributed by atoms with Gasteiger partial charge in [-0.2, -0.15) is 0 Å². The van der Waals surface area contributed by atoms with Crippen LogP contribution in [0.5, 0.6) is 0 Å². The first-order valence-corrected chi connectivity index (χ1v) is 6.48. The highest BCUT2D eigenvalue weighted by Gasteiger charge is 2.25. The minimum Gasteiger partial charge on any atom is -0.355 e. The zero-order valence-electron chi connectivity index (χ0n) is 10.3. The molecule has 2 fully saturated rings. The van der Waals surface area contributed by atoms with Gasteiger partial charge in [-0.1, -0.05) is 6.42 Å². The van der Waals surface area contributed by atoms with Gasteiger partial charge < -0.3 is 14.8 Å². The molecule has 2 saturated heterocycles. The maximum Gasteiger partial charge on any atom is 0.147 e. The van der Waals surface area contributed by atoms with Crippen LogP contribution < -0.4 is 5.32 Å². The summed E-state index contributed by atoms with van der Waals surface area (Å²) in [5, 5.41) is 3.30. The number of hydrogen-bond acceptors (Lipinski definition) is 4. The lowest BCUT2D eigenvalue weighted by atomic mass is 10.0. The van der Waals surface area contributed by atoms with E-state index in [4.69, 9.17) is 9.47 Å². The van der Waals surface area contributed by atoms with Gasteiger partial charge in [-0.05, 0) is 32.9 Å². The van der Waals surface area contributed by atoms with Crippen molar-refractivity contribution in [2.24, 2.45) is 0 Å². The Balaban J connectivity index is 1.80. The highest BCUT2D eigenvalue weighted by molar-refractivity contribution is 4.80. The van der Waals surface area contributed by atoms with Crippen molar-refractivity contribution >= 4 is 0 Å². The summed E-state index contributed by atoms with van der Waals surface area (Å²) in [6, 6.07) is 0.699. The molecule has 4 nitrogen and oxygen atoms in total. The molecule has 2 unspecified atom stereocenters. The van der Waals surface area contributed by atoms with Gasteiger partial charge >= 0.3 is 0 Å². The molecule has 16 heavy (non-hydrogen) atoms. The molecule has 0 aromatic rings. The van der Waals surface area contributed by atoms with Gasteiger partial charge in [-0.25, -0.2) is 0 Å². The van der Waals surface area contributed by atoms with Crippen molar-refractivity contribution in [3.05, 3.63) is 0 Å². The standard InChI is InChI=1S/C12H24N2O2/c1-13-8-11-4-2-3-6-14(11)9-12-5-7-15-10-16-12/h11-13H,2-10H2,1H3. The lowest BCUT2D eigenvalue weighted by Gasteiger charge is -2.38. The molecule has 0 bridgehead atoms. The number of likely N-dealkylation sites (N-methyl/N-ethyl adjacent to an activating group) is 1. The van der Waals surface area contributed by atoms with Gasteiger partial charge in [0.15, 0.2) is 0 Å². The first kappa shape index (κ1) is 12.3.